The summed E-state index contributed by atoms with van der Waals surface area (Å²) >= 11 is 0. The number of benzene rings is 2. The third-order valence-corrected chi connectivity index (χ3v) is 4.84. The second-order valence-corrected chi connectivity index (χ2v) is 6.10. The van der Waals surface area contributed by atoms with Gasteiger partial charge in [-0.1, -0.05) is 18.2 Å². The molecule has 5 heteroatoms. The fraction of sp³-hybridized carbons (Fsp3) is 0.143. The minimum absolute atomic E-state index is 0.266. The standard InChI is InChI=1S/C14H15O4P/c1-17-11-8-9-14(13(10-11)18-2)19(15,16)12-6-4-3-5-7-12/h3-10H,1-2H3,(H,15,16). The summed E-state index contributed by atoms with van der Waals surface area (Å²) < 4.78 is 22.9. The fourth-order valence-corrected chi connectivity index (χ4v) is 3.39. The summed E-state index contributed by atoms with van der Waals surface area (Å²) in [5.74, 6) is 0.919. The monoisotopic (exact) mass is 278 g/mol. The van der Waals surface area contributed by atoms with Crippen LogP contribution in [0.4, 0.5) is 0 Å². The van der Waals surface area contributed by atoms with Gasteiger partial charge in [0.15, 0.2) is 0 Å². The van der Waals surface area contributed by atoms with Gasteiger partial charge in [-0.25, -0.2) is 0 Å². The summed E-state index contributed by atoms with van der Waals surface area (Å²) in [4.78, 5) is 10.4. The van der Waals surface area contributed by atoms with Gasteiger partial charge in [0.1, 0.15) is 11.5 Å². The van der Waals surface area contributed by atoms with Crippen molar-refractivity contribution >= 4 is 18.0 Å². The van der Waals surface area contributed by atoms with Crippen LogP contribution in [0.3, 0.4) is 0 Å². The topological polar surface area (TPSA) is 55.8 Å². The van der Waals surface area contributed by atoms with Crippen molar-refractivity contribution in [3.8, 4) is 11.5 Å². The summed E-state index contributed by atoms with van der Waals surface area (Å²) in [5, 5.41) is 0.639. The zero-order chi connectivity index (χ0) is 13.9. The Balaban J connectivity index is 2.55. The lowest BCUT2D eigenvalue weighted by Crippen LogP contribution is -2.17. The van der Waals surface area contributed by atoms with Gasteiger partial charge < -0.3 is 14.4 Å². The van der Waals surface area contributed by atoms with E-state index >= 15 is 0 Å². The molecule has 0 bridgehead atoms. The molecule has 0 heterocycles. The molecule has 2 rings (SSSR count). The summed E-state index contributed by atoms with van der Waals surface area (Å²) in [7, 11) is -0.669. The average molecular weight is 278 g/mol. The second-order valence-electron chi connectivity index (χ2n) is 3.95. The molecule has 0 aliphatic heterocycles. The van der Waals surface area contributed by atoms with Crippen LogP contribution in [0.15, 0.2) is 48.5 Å². The zero-order valence-corrected chi connectivity index (χ0v) is 11.6. The number of rotatable bonds is 4. The van der Waals surface area contributed by atoms with Crippen LogP contribution >= 0.6 is 7.37 Å². The quantitative estimate of drug-likeness (QED) is 0.868. The van der Waals surface area contributed by atoms with Crippen molar-refractivity contribution in [3.63, 3.8) is 0 Å². The Bertz CT molecular complexity index is 610. The molecule has 19 heavy (non-hydrogen) atoms. The molecule has 0 saturated heterocycles. The predicted molar refractivity (Wildman–Crippen MR) is 75.1 cm³/mol. The largest absolute Gasteiger partial charge is 0.497 e. The molecule has 1 unspecified atom stereocenters. The van der Waals surface area contributed by atoms with Gasteiger partial charge in [-0.15, -0.1) is 0 Å². The molecule has 2 aromatic rings. The SMILES string of the molecule is COc1ccc(P(=O)(O)c2ccccc2)c(OC)c1. The summed E-state index contributed by atoms with van der Waals surface area (Å²) in [5.41, 5.74) is 0. The third-order valence-electron chi connectivity index (χ3n) is 2.82. The van der Waals surface area contributed by atoms with Crippen molar-refractivity contribution in [3.05, 3.63) is 48.5 Å². The molecular formula is C14H15O4P. The average Bonchev–Trinajstić information content (AvgIpc) is 2.47. The van der Waals surface area contributed by atoms with Crippen molar-refractivity contribution in [1.82, 2.24) is 0 Å². The van der Waals surface area contributed by atoms with Crippen molar-refractivity contribution in [1.29, 1.82) is 0 Å². The van der Waals surface area contributed by atoms with Crippen molar-refractivity contribution in [2.45, 2.75) is 0 Å². The highest BCUT2D eigenvalue weighted by atomic mass is 31.2. The second kappa shape index (κ2) is 5.47. The van der Waals surface area contributed by atoms with Crippen LogP contribution in [0.5, 0.6) is 11.5 Å². The van der Waals surface area contributed by atoms with Gasteiger partial charge in [-0.2, -0.15) is 0 Å². The smallest absolute Gasteiger partial charge is 0.262 e. The Kier molecular flexibility index (Phi) is 3.93. The summed E-state index contributed by atoms with van der Waals surface area (Å²) in [6.07, 6.45) is 0. The van der Waals surface area contributed by atoms with E-state index in [0.717, 1.165) is 0 Å². The molecule has 100 valence electrons. The van der Waals surface area contributed by atoms with Gasteiger partial charge in [-0.3, -0.25) is 4.57 Å². The van der Waals surface area contributed by atoms with Crippen LogP contribution in [0, 0.1) is 0 Å². The first kappa shape index (κ1) is 13.7. The fourth-order valence-electron chi connectivity index (χ4n) is 1.80. The van der Waals surface area contributed by atoms with Gasteiger partial charge in [0, 0.05) is 11.4 Å². The van der Waals surface area contributed by atoms with Crippen LogP contribution in [0.1, 0.15) is 0 Å². The van der Waals surface area contributed by atoms with Crippen molar-refractivity contribution in [2.75, 3.05) is 14.2 Å². The highest BCUT2D eigenvalue weighted by Gasteiger charge is 2.27. The molecule has 0 aromatic heterocycles. The molecular weight excluding hydrogens is 263 g/mol. The van der Waals surface area contributed by atoms with E-state index in [1.54, 1.807) is 48.5 Å². The van der Waals surface area contributed by atoms with E-state index in [9.17, 15) is 9.46 Å². The molecule has 0 amide bonds. The van der Waals surface area contributed by atoms with Gasteiger partial charge in [-0.05, 0) is 24.3 Å². The minimum atomic E-state index is -3.66. The van der Waals surface area contributed by atoms with E-state index in [2.05, 4.69) is 0 Å². The Labute approximate surface area is 112 Å². The lowest BCUT2D eigenvalue weighted by atomic mass is 10.3. The number of hydrogen-bond acceptors (Lipinski definition) is 3. The lowest BCUT2D eigenvalue weighted by molar-refractivity contribution is 0.395. The molecule has 1 atom stereocenters. The molecule has 4 nitrogen and oxygen atoms in total. The summed E-state index contributed by atoms with van der Waals surface area (Å²) in [6, 6.07) is 13.3. The first-order chi connectivity index (χ1) is 9.09. The molecule has 2 aromatic carbocycles. The molecule has 0 aliphatic rings. The maximum Gasteiger partial charge on any atom is 0.262 e. The first-order valence-electron chi connectivity index (χ1n) is 5.70. The third kappa shape index (κ3) is 2.65. The summed E-state index contributed by atoms with van der Waals surface area (Å²) in [6.45, 7) is 0. The first-order valence-corrected chi connectivity index (χ1v) is 7.36. The highest BCUT2D eigenvalue weighted by molar-refractivity contribution is 7.73. The predicted octanol–water partition coefficient (Wildman–Crippen LogP) is 1.92. The van der Waals surface area contributed by atoms with Crippen LogP contribution in [-0.2, 0) is 4.57 Å². The van der Waals surface area contributed by atoms with E-state index in [1.165, 1.54) is 14.2 Å². The molecule has 0 saturated carbocycles. The van der Waals surface area contributed by atoms with Crippen LogP contribution < -0.4 is 20.1 Å². The van der Waals surface area contributed by atoms with E-state index in [4.69, 9.17) is 9.47 Å². The van der Waals surface area contributed by atoms with E-state index in [0.29, 0.717) is 16.8 Å². The van der Waals surface area contributed by atoms with Crippen LogP contribution in [0.2, 0.25) is 0 Å². The van der Waals surface area contributed by atoms with Gasteiger partial charge in [0.2, 0.25) is 0 Å². The van der Waals surface area contributed by atoms with E-state index in [1.807, 2.05) is 0 Å². The lowest BCUT2D eigenvalue weighted by Gasteiger charge is -2.16. The van der Waals surface area contributed by atoms with Gasteiger partial charge in [0.25, 0.3) is 7.37 Å². The maximum absolute atomic E-state index is 12.6. The Morgan fingerprint density at radius 1 is 1.00 bits per heavy atom. The highest BCUT2D eigenvalue weighted by Crippen LogP contribution is 2.42. The Morgan fingerprint density at radius 3 is 2.26 bits per heavy atom. The maximum atomic E-state index is 12.6. The number of ether oxygens (including phenoxy) is 2. The van der Waals surface area contributed by atoms with Gasteiger partial charge in [0.05, 0.1) is 19.5 Å². The Morgan fingerprint density at radius 2 is 1.68 bits per heavy atom. The molecule has 1 N–H and O–H groups in total. The van der Waals surface area contributed by atoms with E-state index < -0.39 is 7.37 Å². The normalized spacial score (nSPS) is 13.6. The Hall–Kier alpha value is -1.77. The molecule has 0 fully saturated rings. The van der Waals surface area contributed by atoms with Crippen LogP contribution in [0.25, 0.3) is 0 Å². The van der Waals surface area contributed by atoms with Crippen molar-refractivity contribution < 1.29 is 18.9 Å². The molecule has 0 radical (unpaired) electrons. The molecule has 0 spiro atoms. The van der Waals surface area contributed by atoms with Gasteiger partial charge >= 0.3 is 0 Å². The van der Waals surface area contributed by atoms with Crippen molar-refractivity contribution in [2.24, 2.45) is 0 Å². The zero-order valence-electron chi connectivity index (χ0n) is 10.7. The van der Waals surface area contributed by atoms with Crippen LogP contribution in [-0.4, -0.2) is 19.1 Å². The number of methoxy groups -OCH3 is 2. The molecule has 0 aliphatic carbocycles. The van der Waals surface area contributed by atoms with E-state index in [-0.39, 0.29) is 5.30 Å². The number of hydrogen-bond donors (Lipinski definition) is 1. The minimum Gasteiger partial charge on any atom is -0.497 e.